The van der Waals surface area contributed by atoms with Crippen LogP contribution in [0.25, 0.3) is 0 Å². The molecule has 0 radical (unpaired) electrons. The molecule has 17 heavy (non-hydrogen) atoms. The average Bonchev–Trinajstić information content (AvgIpc) is 3.00. The lowest BCUT2D eigenvalue weighted by Gasteiger charge is -2.17. The smallest absolute Gasteiger partial charge is 0.182 e. The van der Waals surface area contributed by atoms with Gasteiger partial charge in [0.25, 0.3) is 0 Å². The fourth-order valence-corrected chi connectivity index (χ4v) is 2.14. The topological polar surface area (TPSA) is 49.9 Å². The van der Waals surface area contributed by atoms with E-state index in [-0.39, 0.29) is 17.1 Å². The summed E-state index contributed by atoms with van der Waals surface area (Å²) in [5.74, 6) is 0.348. The van der Waals surface area contributed by atoms with Crippen LogP contribution in [0.1, 0.15) is 65.7 Å². The van der Waals surface area contributed by atoms with Gasteiger partial charge in [0.2, 0.25) is 0 Å². The summed E-state index contributed by atoms with van der Waals surface area (Å²) in [6, 6.07) is 0. The van der Waals surface area contributed by atoms with E-state index >= 15 is 0 Å². The largest absolute Gasteiger partial charge is 0.355 e. The Morgan fingerprint density at radius 3 is 2.29 bits per heavy atom. The minimum Gasteiger partial charge on any atom is -0.355 e. The quantitative estimate of drug-likeness (QED) is 0.644. The molecule has 1 saturated carbocycles. The maximum Gasteiger partial charge on any atom is 0.182 e. The Labute approximate surface area is 102 Å². The number of carbonyl (C=O) groups excluding carboxylic acids is 2. The number of nitrogens with one attached hydrogen (secondary N) is 1. The molecule has 3 heteroatoms. The molecular formula is C14H19NO2. The third-order valence-electron chi connectivity index (χ3n) is 3.36. The fraction of sp³-hybridized carbons (Fsp3) is 0.571. The number of Topliss-reactive ketones (excluding diaryl/α,β-unsaturated/α-hetero) is 1. The average molecular weight is 233 g/mol. The first-order valence-electron chi connectivity index (χ1n) is 6.08. The van der Waals surface area contributed by atoms with Gasteiger partial charge < -0.3 is 4.98 Å². The molecule has 1 aromatic heterocycles. The van der Waals surface area contributed by atoms with Gasteiger partial charge in [-0.05, 0) is 25.3 Å². The van der Waals surface area contributed by atoms with Gasteiger partial charge in [0.1, 0.15) is 0 Å². The Bertz CT molecular complexity index is 473. The summed E-state index contributed by atoms with van der Waals surface area (Å²) in [5.41, 5.74) is 2.82. The molecule has 1 fully saturated rings. The SMILES string of the molecule is Cc1c(C(=O)C2CC2)[nH]c(C(C)(C)C)c1C=O. The molecule has 0 atom stereocenters. The number of aromatic nitrogens is 1. The lowest BCUT2D eigenvalue weighted by molar-refractivity contribution is 0.0962. The summed E-state index contributed by atoms with van der Waals surface area (Å²) in [7, 11) is 0. The molecule has 1 heterocycles. The highest BCUT2D eigenvalue weighted by atomic mass is 16.1. The number of aldehydes is 1. The summed E-state index contributed by atoms with van der Waals surface area (Å²) in [6.45, 7) is 7.97. The summed E-state index contributed by atoms with van der Waals surface area (Å²) < 4.78 is 0. The maximum absolute atomic E-state index is 12.1. The molecule has 1 aromatic rings. The number of aromatic amines is 1. The standard InChI is InChI=1S/C14H19NO2/c1-8-10(7-16)13(14(2,3)4)15-11(8)12(17)9-5-6-9/h7,9,15H,5-6H2,1-4H3. The molecule has 1 aliphatic rings. The van der Waals surface area contributed by atoms with E-state index in [0.29, 0.717) is 11.3 Å². The number of carbonyl (C=O) groups is 2. The van der Waals surface area contributed by atoms with Crippen molar-refractivity contribution in [1.82, 2.24) is 4.98 Å². The van der Waals surface area contributed by atoms with Crippen molar-refractivity contribution < 1.29 is 9.59 Å². The van der Waals surface area contributed by atoms with E-state index in [1.807, 2.05) is 27.7 Å². The van der Waals surface area contributed by atoms with Gasteiger partial charge in [-0.25, -0.2) is 0 Å². The van der Waals surface area contributed by atoms with Gasteiger partial charge >= 0.3 is 0 Å². The minimum atomic E-state index is -0.150. The van der Waals surface area contributed by atoms with Crippen molar-refractivity contribution in [2.24, 2.45) is 5.92 Å². The molecule has 1 N–H and O–H groups in total. The Balaban J connectivity index is 2.51. The van der Waals surface area contributed by atoms with Crippen LogP contribution in [0.2, 0.25) is 0 Å². The van der Waals surface area contributed by atoms with Crippen molar-refractivity contribution in [2.75, 3.05) is 0 Å². The van der Waals surface area contributed by atoms with Crippen LogP contribution < -0.4 is 0 Å². The third-order valence-corrected chi connectivity index (χ3v) is 3.36. The summed E-state index contributed by atoms with van der Waals surface area (Å²) in [5, 5.41) is 0. The van der Waals surface area contributed by atoms with Gasteiger partial charge in [0.05, 0.1) is 5.69 Å². The van der Waals surface area contributed by atoms with E-state index in [0.717, 1.165) is 30.4 Å². The zero-order valence-corrected chi connectivity index (χ0v) is 10.9. The second kappa shape index (κ2) is 3.83. The van der Waals surface area contributed by atoms with E-state index < -0.39 is 0 Å². The van der Waals surface area contributed by atoms with E-state index in [9.17, 15) is 9.59 Å². The molecule has 2 rings (SSSR count). The molecule has 0 bridgehead atoms. The van der Waals surface area contributed by atoms with Crippen LogP contribution >= 0.6 is 0 Å². The summed E-state index contributed by atoms with van der Waals surface area (Å²) >= 11 is 0. The molecule has 0 spiro atoms. The highest BCUT2D eigenvalue weighted by Crippen LogP contribution is 2.35. The lowest BCUT2D eigenvalue weighted by Crippen LogP contribution is -2.14. The van der Waals surface area contributed by atoms with Crippen molar-refractivity contribution in [3.8, 4) is 0 Å². The van der Waals surface area contributed by atoms with Crippen LogP contribution in [0, 0.1) is 12.8 Å². The Morgan fingerprint density at radius 1 is 1.35 bits per heavy atom. The molecule has 0 unspecified atom stereocenters. The number of rotatable bonds is 3. The van der Waals surface area contributed by atoms with E-state index in [1.165, 1.54) is 0 Å². The normalized spacial score (nSPS) is 16.0. The highest BCUT2D eigenvalue weighted by molar-refractivity contribution is 6.01. The zero-order chi connectivity index (χ0) is 12.8. The van der Waals surface area contributed by atoms with Crippen molar-refractivity contribution in [1.29, 1.82) is 0 Å². The second-order valence-corrected chi connectivity index (χ2v) is 5.92. The van der Waals surface area contributed by atoms with Gasteiger partial charge in [0.15, 0.2) is 12.1 Å². The van der Waals surface area contributed by atoms with Crippen LogP contribution in [0.5, 0.6) is 0 Å². The predicted octanol–water partition coefficient (Wildman–Crippen LogP) is 3.03. The van der Waals surface area contributed by atoms with Crippen LogP contribution in [0.4, 0.5) is 0 Å². The molecule has 0 amide bonds. The first kappa shape index (κ1) is 12.1. The first-order chi connectivity index (χ1) is 7.86. The molecular weight excluding hydrogens is 214 g/mol. The zero-order valence-electron chi connectivity index (χ0n) is 10.9. The van der Waals surface area contributed by atoms with Gasteiger partial charge in [-0.1, -0.05) is 20.8 Å². The maximum atomic E-state index is 12.1. The molecule has 0 aromatic carbocycles. The van der Waals surface area contributed by atoms with E-state index in [4.69, 9.17) is 0 Å². The first-order valence-corrected chi connectivity index (χ1v) is 6.08. The number of hydrogen-bond donors (Lipinski definition) is 1. The van der Waals surface area contributed by atoms with E-state index in [1.54, 1.807) is 0 Å². The van der Waals surface area contributed by atoms with Crippen LogP contribution in [0.3, 0.4) is 0 Å². The molecule has 1 aliphatic carbocycles. The summed E-state index contributed by atoms with van der Waals surface area (Å²) in [6.07, 6.45) is 2.83. The van der Waals surface area contributed by atoms with Gasteiger partial charge in [-0.15, -0.1) is 0 Å². The number of ketones is 1. The van der Waals surface area contributed by atoms with Crippen molar-refractivity contribution in [3.05, 3.63) is 22.5 Å². The van der Waals surface area contributed by atoms with Crippen LogP contribution in [-0.2, 0) is 5.41 Å². The van der Waals surface area contributed by atoms with Crippen molar-refractivity contribution in [3.63, 3.8) is 0 Å². The van der Waals surface area contributed by atoms with Gasteiger partial charge in [-0.3, -0.25) is 9.59 Å². The highest BCUT2D eigenvalue weighted by Gasteiger charge is 2.34. The van der Waals surface area contributed by atoms with Gasteiger partial charge in [0, 0.05) is 22.6 Å². The predicted molar refractivity (Wildman–Crippen MR) is 66.7 cm³/mol. The van der Waals surface area contributed by atoms with Crippen molar-refractivity contribution >= 4 is 12.1 Å². The molecule has 0 aliphatic heterocycles. The Kier molecular flexibility index (Phi) is 2.72. The Hall–Kier alpha value is -1.38. The summed E-state index contributed by atoms with van der Waals surface area (Å²) in [4.78, 5) is 26.5. The number of hydrogen-bond acceptors (Lipinski definition) is 2. The van der Waals surface area contributed by atoms with Crippen molar-refractivity contribution in [2.45, 2.75) is 46.0 Å². The number of H-pyrrole nitrogens is 1. The van der Waals surface area contributed by atoms with E-state index in [2.05, 4.69) is 4.98 Å². The van der Waals surface area contributed by atoms with Crippen LogP contribution in [0.15, 0.2) is 0 Å². The molecule has 92 valence electrons. The third kappa shape index (κ3) is 2.06. The second-order valence-electron chi connectivity index (χ2n) is 5.92. The fourth-order valence-electron chi connectivity index (χ4n) is 2.14. The minimum absolute atomic E-state index is 0.150. The Morgan fingerprint density at radius 2 is 1.94 bits per heavy atom. The van der Waals surface area contributed by atoms with Crippen LogP contribution in [-0.4, -0.2) is 17.1 Å². The molecule has 0 saturated heterocycles. The lowest BCUT2D eigenvalue weighted by atomic mass is 9.89. The van der Waals surface area contributed by atoms with Gasteiger partial charge in [-0.2, -0.15) is 0 Å². The molecule has 3 nitrogen and oxygen atoms in total. The monoisotopic (exact) mass is 233 g/mol.